The molecule has 0 unspecified atom stereocenters. The van der Waals surface area contributed by atoms with Crippen LogP contribution in [-0.2, 0) is 11.2 Å². The van der Waals surface area contributed by atoms with Crippen LogP contribution in [0.2, 0.25) is 5.02 Å². The van der Waals surface area contributed by atoms with Crippen LogP contribution in [0.4, 0.5) is 10.1 Å². The molecule has 0 aliphatic heterocycles. The molecule has 3 nitrogen and oxygen atoms in total. The van der Waals surface area contributed by atoms with Crippen LogP contribution in [-0.4, -0.2) is 10.9 Å². The van der Waals surface area contributed by atoms with Gasteiger partial charge in [0, 0.05) is 16.1 Å². The Labute approximate surface area is 164 Å². The monoisotopic (exact) mass is 396 g/mol. The lowest BCUT2D eigenvalue weighted by Gasteiger charge is -2.10. The average molecular weight is 397 g/mol. The molecule has 0 radical (unpaired) electrons. The number of anilines is 1. The Kier molecular flexibility index (Phi) is 4.88. The Bertz CT molecular complexity index is 1090. The molecule has 0 atom stereocenters. The molecule has 134 valence electrons. The molecule has 1 aromatic heterocycles. The summed E-state index contributed by atoms with van der Waals surface area (Å²) in [5, 5.41) is 3.91. The smallest absolute Gasteiger partial charge is 0.228 e. The van der Waals surface area contributed by atoms with Crippen molar-refractivity contribution in [1.29, 1.82) is 0 Å². The highest BCUT2D eigenvalue weighted by Crippen LogP contribution is 2.34. The number of thiazole rings is 1. The number of hydrogen-bond donors (Lipinski definition) is 1. The normalized spacial score (nSPS) is 10.9. The Morgan fingerprint density at radius 2 is 1.81 bits per heavy atom. The molecule has 1 N–H and O–H groups in total. The summed E-state index contributed by atoms with van der Waals surface area (Å²) in [6.07, 6.45) is -0.139. The van der Waals surface area contributed by atoms with Gasteiger partial charge in [0.15, 0.2) is 0 Å². The van der Waals surface area contributed by atoms with Gasteiger partial charge in [-0.05, 0) is 36.4 Å². The topological polar surface area (TPSA) is 42.0 Å². The molecule has 4 aromatic rings. The van der Waals surface area contributed by atoms with Gasteiger partial charge in [-0.25, -0.2) is 9.37 Å². The van der Waals surface area contributed by atoms with E-state index in [1.54, 1.807) is 17.4 Å². The molecular weight excluding hydrogens is 383 g/mol. The van der Waals surface area contributed by atoms with Gasteiger partial charge >= 0.3 is 0 Å². The Morgan fingerprint density at radius 3 is 2.63 bits per heavy atom. The Balaban J connectivity index is 1.62. The van der Waals surface area contributed by atoms with Crippen LogP contribution in [0.1, 0.15) is 5.56 Å². The van der Waals surface area contributed by atoms with Crippen molar-refractivity contribution >= 4 is 44.7 Å². The summed E-state index contributed by atoms with van der Waals surface area (Å²) in [7, 11) is 0. The van der Waals surface area contributed by atoms with E-state index in [1.165, 1.54) is 12.1 Å². The summed E-state index contributed by atoms with van der Waals surface area (Å²) >= 11 is 7.58. The summed E-state index contributed by atoms with van der Waals surface area (Å²) in [5.74, 6) is -0.826. The van der Waals surface area contributed by atoms with Gasteiger partial charge in [0.1, 0.15) is 10.8 Å². The highest BCUT2D eigenvalue weighted by atomic mass is 35.5. The van der Waals surface area contributed by atoms with Gasteiger partial charge in [0.25, 0.3) is 0 Å². The van der Waals surface area contributed by atoms with Gasteiger partial charge in [-0.1, -0.05) is 41.9 Å². The van der Waals surface area contributed by atoms with Crippen LogP contribution in [0, 0.1) is 5.82 Å². The van der Waals surface area contributed by atoms with Gasteiger partial charge in [-0.3, -0.25) is 4.79 Å². The first kappa shape index (κ1) is 17.6. The maximum Gasteiger partial charge on any atom is 0.228 e. The number of carbonyl (C=O) groups excluding carboxylic acids is 1. The third-order valence-corrected chi connectivity index (χ3v) is 5.55. The first-order valence-electron chi connectivity index (χ1n) is 8.29. The minimum atomic E-state index is -0.489. The molecule has 0 bridgehead atoms. The first-order chi connectivity index (χ1) is 13.1. The number of fused-ring (bicyclic) bond motifs is 1. The maximum absolute atomic E-state index is 13.9. The molecule has 1 amide bonds. The number of nitrogens with zero attached hydrogens (tertiary/aromatic N) is 1. The molecule has 0 saturated heterocycles. The minimum Gasteiger partial charge on any atom is -0.325 e. The first-order valence-corrected chi connectivity index (χ1v) is 9.49. The minimum absolute atomic E-state index is 0.139. The number of amides is 1. The summed E-state index contributed by atoms with van der Waals surface area (Å²) in [6.45, 7) is 0. The van der Waals surface area contributed by atoms with Crippen molar-refractivity contribution < 1.29 is 9.18 Å². The number of nitrogens with one attached hydrogen (secondary N) is 1. The van der Waals surface area contributed by atoms with Crippen molar-refractivity contribution in [2.75, 3.05) is 5.32 Å². The highest BCUT2D eigenvalue weighted by Gasteiger charge is 2.15. The van der Waals surface area contributed by atoms with Crippen molar-refractivity contribution in [1.82, 2.24) is 4.98 Å². The number of carbonyl (C=O) groups is 1. The molecule has 4 rings (SSSR count). The second-order valence-corrected chi connectivity index (χ2v) is 7.40. The van der Waals surface area contributed by atoms with Crippen LogP contribution < -0.4 is 5.32 Å². The maximum atomic E-state index is 13.9. The van der Waals surface area contributed by atoms with Crippen LogP contribution in [0.15, 0.2) is 66.7 Å². The van der Waals surface area contributed by atoms with E-state index in [-0.39, 0.29) is 22.9 Å². The predicted molar refractivity (Wildman–Crippen MR) is 109 cm³/mol. The van der Waals surface area contributed by atoms with Crippen molar-refractivity contribution in [2.24, 2.45) is 0 Å². The van der Waals surface area contributed by atoms with Crippen molar-refractivity contribution in [3.05, 3.63) is 83.1 Å². The molecule has 0 fully saturated rings. The van der Waals surface area contributed by atoms with Gasteiger partial charge in [-0.15, -0.1) is 11.3 Å². The van der Waals surface area contributed by atoms with E-state index < -0.39 is 5.82 Å². The van der Waals surface area contributed by atoms with E-state index in [0.717, 1.165) is 20.8 Å². The summed E-state index contributed by atoms with van der Waals surface area (Å²) < 4.78 is 15.0. The van der Waals surface area contributed by atoms with E-state index in [1.807, 2.05) is 48.5 Å². The summed E-state index contributed by atoms with van der Waals surface area (Å²) in [6, 6.07) is 19.7. The van der Waals surface area contributed by atoms with E-state index in [2.05, 4.69) is 10.3 Å². The molecule has 0 aliphatic carbocycles. The number of aromatic nitrogens is 1. The van der Waals surface area contributed by atoms with Crippen LogP contribution in [0.5, 0.6) is 0 Å². The van der Waals surface area contributed by atoms with E-state index in [4.69, 9.17) is 11.6 Å². The molecule has 1 heterocycles. The van der Waals surface area contributed by atoms with E-state index in [9.17, 15) is 9.18 Å². The Hall–Kier alpha value is -2.76. The second-order valence-electron chi connectivity index (χ2n) is 5.96. The Morgan fingerprint density at radius 1 is 1.04 bits per heavy atom. The fourth-order valence-corrected chi connectivity index (χ4v) is 4.06. The van der Waals surface area contributed by atoms with E-state index >= 15 is 0 Å². The number of halogens is 2. The zero-order chi connectivity index (χ0) is 18.8. The summed E-state index contributed by atoms with van der Waals surface area (Å²) in [4.78, 5) is 17.1. The third kappa shape index (κ3) is 3.70. The van der Waals surface area contributed by atoms with Crippen molar-refractivity contribution in [3.8, 4) is 10.6 Å². The lowest BCUT2D eigenvalue weighted by molar-refractivity contribution is -0.115. The number of rotatable bonds is 4. The lowest BCUT2D eigenvalue weighted by atomic mass is 10.1. The van der Waals surface area contributed by atoms with Gasteiger partial charge in [0.2, 0.25) is 5.91 Å². The highest BCUT2D eigenvalue weighted by molar-refractivity contribution is 7.21. The fourth-order valence-electron chi connectivity index (χ4n) is 2.82. The standard InChI is InChI=1S/C21H14ClFN2OS/c22-15-7-5-8-16(23)14(15)12-20(26)24-17-9-2-1-6-13(17)21-25-18-10-3-4-11-19(18)27-21/h1-11H,12H2,(H,24,26). The zero-order valence-electron chi connectivity index (χ0n) is 14.1. The quantitative estimate of drug-likeness (QED) is 0.464. The fraction of sp³-hybridized carbons (Fsp3) is 0.0476. The molecule has 3 aromatic carbocycles. The largest absolute Gasteiger partial charge is 0.325 e. The zero-order valence-corrected chi connectivity index (χ0v) is 15.7. The van der Waals surface area contributed by atoms with Crippen LogP contribution in [0.3, 0.4) is 0 Å². The third-order valence-electron chi connectivity index (χ3n) is 4.12. The predicted octanol–water partition coefficient (Wildman–Crippen LogP) is 5.94. The SMILES string of the molecule is O=C(Cc1c(F)cccc1Cl)Nc1ccccc1-c1nc2ccccc2s1. The van der Waals surface area contributed by atoms with Crippen molar-refractivity contribution in [3.63, 3.8) is 0 Å². The molecular formula is C21H14ClFN2OS. The van der Waals surface area contributed by atoms with E-state index in [0.29, 0.717) is 5.69 Å². The number of hydrogen-bond acceptors (Lipinski definition) is 3. The van der Waals surface area contributed by atoms with Crippen LogP contribution in [0.25, 0.3) is 20.8 Å². The van der Waals surface area contributed by atoms with Crippen molar-refractivity contribution in [2.45, 2.75) is 6.42 Å². The molecule has 0 aliphatic rings. The number of benzene rings is 3. The van der Waals surface area contributed by atoms with Gasteiger partial charge in [-0.2, -0.15) is 0 Å². The second kappa shape index (κ2) is 7.47. The molecule has 6 heteroatoms. The molecule has 27 heavy (non-hydrogen) atoms. The van der Waals surface area contributed by atoms with Gasteiger partial charge in [0.05, 0.1) is 22.3 Å². The lowest BCUT2D eigenvalue weighted by Crippen LogP contribution is -2.16. The average Bonchev–Trinajstić information content (AvgIpc) is 3.09. The van der Waals surface area contributed by atoms with Gasteiger partial charge < -0.3 is 5.32 Å². The summed E-state index contributed by atoms with van der Waals surface area (Å²) in [5.41, 5.74) is 2.56. The van der Waals surface area contributed by atoms with Crippen LogP contribution >= 0.6 is 22.9 Å². The molecule has 0 saturated carbocycles. The number of para-hydroxylation sites is 2. The molecule has 0 spiro atoms.